The highest BCUT2D eigenvalue weighted by atomic mass is 32.2. The van der Waals surface area contributed by atoms with Gasteiger partial charge in [0.15, 0.2) is 0 Å². The van der Waals surface area contributed by atoms with Gasteiger partial charge in [0.2, 0.25) is 10.0 Å². The Bertz CT molecular complexity index is 701. The maximum absolute atomic E-state index is 12.3. The Morgan fingerprint density at radius 2 is 1.96 bits per heavy atom. The van der Waals surface area contributed by atoms with E-state index in [-0.39, 0.29) is 12.1 Å². The molecule has 0 bridgehead atoms. The predicted octanol–water partition coefficient (Wildman–Crippen LogP) is 0.580. The lowest BCUT2D eigenvalue weighted by molar-refractivity contribution is 0.0395. The first-order valence-corrected chi connectivity index (χ1v) is 9.76. The van der Waals surface area contributed by atoms with Crippen LogP contribution in [0.4, 0.5) is 5.69 Å². The van der Waals surface area contributed by atoms with Gasteiger partial charge >= 0.3 is 5.97 Å². The van der Waals surface area contributed by atoms with E-state index in [1.807, 2.05) is 0 Å². The average Bonchev–Trinajstić information content (AvgIpc) is 2.60. The van der Waals surface area contributed by atoms with E-state index in [1.165, 1.54) is 30.7 Å². The number of esters is 1. The van der Waals surface area contributed by atoms with Crippen LogP contribution in [0, 0.1) is 0 Å². The number of carbonyl (C=O) groups excluding carboxylic acids is 1. The van der Waals surface area contributed by atoms with Crippen molar-refractivity contribution in [3.63, 3.8) is 0 Å². The third-order valence-electron chi connectivity index (χ3n) is 3.99. The molecule has 0 spiro atoms. The van der Waals surface area contributed by atoms with Crippen LogP contribution in [0.1, 0.15) is 10.4 Å². The summed E-state index contributed by atoms with van der Waals surface area (Å²) < 4.78 is 41.2. The molecule has 2 rings (SSSR count). The van der Waals surface area contributed by atoms with Crippen LogP contribution in [0.3, 0.4) is 0 Å². The quantitative estimate of drug-likeness (QED) is 0.647. The van der Waals surface area contributed by atoms with Crippen molar-refractivity contribution in [1.29, 1.82) is 0 Å². The van der Waals surface area contributed by atoms with Crippen molar-refractivity contribution in [2.45, 2.75) is 0 Å². The molecule has 140 valence electrons. The van der Waals surface area contributed by atoms with E-state index in [4.69, 9.17) is 14.2 Å². The molecule has 1 aliphatic rings. The van der Waals surface area contributed by atoms with E-state index in [0.717, 1.165) is 19.3 Å². The number of methoxy groups -OCH3 is 2. The van der Waals surface area contributed by atoms with Crippen molar-refractivity contribution in [1.82, 2.24) is 4.90 Å². The van der Waals surface area contributed by atoms with Gasteiger partial charge in [-0.15, -0.1) is 0 Å². The highest BCUT2D eigenvalue weighted by molar-refractivity contribution is 7.92. The number of anilines is 1. The Hall–Kier alpha value is -1.84. The second-order valence-electron chi connectivity index (χ2n) is 5.67. The molecular weight excluding hydrogens is 348 g/mol. The van der Waals surface area contributed by atoms with E-state index in [2.05, 4.69) is 4.90 Å². The van der Waals surface area contributed by atoms with Crippen molar-refractivity contribution >= 4 is 21.7 Å². The smallest absolute Gasteiger partial charge is 0.337 e. The summed E-state index contributed by atoms with van der Waals surface area (Å²) in [6, 6.07) is 4.58. The number of ether oxygens (including phenoxy) is 3. The summed E-state index contributed by atoms with van der Waals surface area (Å²) >= 11 is 0. The summed E-state index contributed by atoms with van der Waals surface area (Å²) in [6.45, 7) is 3.61. The maximum atomic E-state index is 12.3. The Morgan fingerprint density at radius 1 is 1.28 bits per heavy atom. The van der Waals surface area contributed by atoms with Crippen LogP contribution in [0.15, 0.2) is 18.2 Å². The molecule has 0 aliphatic carbocycles. The number of sulfonamides is 1. The molecule has 0 atom stereocenters. The molecule has 0 unspecified atom stereocenters. The second kappa shape index (κ2) is 8.50. The molecule has 0 aromatic heterocycles. The Labute approximate surface area is 148 Å². The minimum atomic E-state index is -3.56. The van der Waals surface area contributed by atoms with Crippen LogP contribution in [0.25, 0.3) is 0 Å². The maximum Gasteiger partial charge on any atom is 0.337 e. The minimum Gasteiger partial charge on any atom is -0.495 e. The van der Waals surface area contributed by atoms with Crippen molar-refractivity contribution in [2.75, 3.05) is 64.2 Å². The SMILES string of the molecule is COC(=O)c1ccc(OC)c(N(CCN2CCOCC2)S(C)(=O)=O)c1. The van der Waals surface area contributed by atoms with Gasteiger partial charge in [-0.25, -0.2) is 13.2 Å². The van der Waals surface area contributed by atoms with Crippen LogP contribution < -0.4 is 9.04 Å². The number of morpholine rings is 1. The summed E-state index contributed by atoms with van der Waals surface area (Å²) in [5.74, 6) is -0.161. The van der Waals surface area contributed by atoms with E-state index < -0.39 is 16.0 Å². The number of rotatable bonds is 7. The molecule has 1 aromatic rings. The van der Waals surface area contributed by atoms with Crippen molar-refractivity contribution in [2.24, 2.45) is 0 Å². The highest BCUT2D eigenvalue weighted by Crippen LogP contribution is 2.31. The highest BCUT2D eigenvalue weighted by Gasteiger charge is 2.24. The van der Waals surface area contributed by atoms with Crippen molar-refractivity contribution in [3.05, 3.63) is 23.8 Å². The van der Waals surface area contributed by atoms with Crippen LogP contribution in [-0.4, -0.2) is 79.2 Å². The lowest BCUT2D eigenvalue weighted by atomic mass is 10.2. The van der Waals surface area contributed by atoms with Crippen LogP contribution in [0.2, 0.25) is 0 Å². The van der Waals surface area contributed by atoms with E-state index in [0.29, 0.717) is 31.2 Å². The van der Waals surface area contributed by atoms with E-state index in [1.54, 1.807) is 6.07 Å². The zero-order valence-electron chi connectivity index (χ0n) is 14.7. The van der Waals surface area contributed by atoms with Crippen molar-refractivity contribution < 1.29 is 27.4 Å². The molecule has 0 N–H and O–H groups in total. The summed E-state index contributed by atoms with van der Waals surface area (Å²) in [5, 5.41) is 0. The molecule has 9 heteroatoms. The predicted molar refractivity (Wildman–Crippen MR) is 93.8 cm³/mol. The first-order valence-electron chi connectivity index (χ1n) is 7.91. The molecule has 1 heterocycles. The fraction of sp³-hybridized carbons (Fsp3) is 0.562. The summed E-state index contributed by atoms with van der Waals surface area (Å²) in [5.41, 5.74) is 0.583. The lowest BCUT2D eigenvalue weighted by Gasteiger charge is -2.30. The monoisotopic (exact) mass is 372 g/mol. The third-order valence-corrected chi connectivity index (χ3v) is 5.17. The topological polar surface area (TPSA) is 85.4 Å². The molecule has 1 saturated heterocycles. The molecule has 0 amide bonds. The first-order chi connectivity index (χ1) is 11.9. The molecule has 1 aliphatic heterocycles. The average molecular weight is 372 g/mol. The van der Waals surface area contributed by atoms with Gasteiger partial charge < -0.3 is 14.2 Å². The zero-order valence-corrected chi connectivity index (χ0v) is 15.5. The van der Waals surface area contributed by atoms with Crippen LogP contribution in [-0.2, 0) is 19.5 Å². The molecule has 0 radical (unpaired) electrons. The van der Waals surface area contributed by atoms with Gasteiger partial charge in [-0.05, 0) is 18.2 Å². The van der Waals surface area contributed by atoms with Gasteiger partial charge in [0, 0.05) is 26.2 Å². The Kier molecular flexibility index (Phi) is 6.63. The first kappa shape index (κ1) is 19.5. The number of benzene rings is 1. The van der Waals surface area contributed by atoms with Crippen molar-refractivity contribution in [3.8, 4) is 5.75 Å². The van der Waals surface area contributed by atoms with Gasteiger partial charge in [0.25, 0.3) is 0 Å². The minimum absolute atomic E-state index is 0.250. The number of nitrogens with zero attached hydrogens (tertiary/aromatic N) is 2. The second-order valence-corrected chi connectivity index (χ2v) is 7.57. The molecule has 0 saturated carbocycles. The summed E-state index contributed by atoms with van der Waals surface area (Å²) in [6.07, 6.45) is 1.14. The van der Waals surface area contributed by atoms with Crippen LogP contribution >= 0.6 is 0 Å². The van der Waals surface area contributed by atoms with Gasteiger partial charge in [0.05, 0.1) is 44.9 Å². The van der Waals surface area contributed by atoms with Crippen LogP contribution in [0.5, 0.6) is 5.75 Å². The van der Waals surface area contributed by atoms with Gasteiger partial charge in [-0.2, -0.15) is 0 Å². The summed E-state index contributed by atoms with van der Waals surface area (Å²) in [7, 11) is -0.823. The molecule has 1 aromatic carbocycles. The fourth-order valence-corrected chi connectivity index (χ4v) is 3.56. The zero-order chi connectivity index (χ0) is 18.4. The lowest BCUT2D eigenvalue weighted by Crippen LogP contribution is -2.43. The molecule has 1 fully saturated rings. The molecular formula is C16H24N2O6S. The van der Waals surface area contributed by atoms with E-state index in [9.17, 15) is 13.2 Å². The van der Waals surface area contributed by atoms with Gasteiger partial charge in [0.1, 0.15) is 5.75 Å². The standard InChI is InChI=1S/C16H24N2O6S/c1-22-15-5-4-13(16(19)23-2)12-14(15)18(25(3,20)21)7-6-17-8-10-24-11-9-17/h4-5,12H,6-11H2,1-3H3. The van der Waals surface area contributed by atoms with Gasteiger partial charge in [-0.1, -0.05) is 0 Å². The normalized spacial score (nSPS) is 15.6. The number of hydrogen-bond donors (Lipinski definition) is 0. The Balaban J connectivity index is 2.31. The largest absolute Gasteiger partial charge is 0.495 e. The number of hydrogen-bond acceptors (Lipinski definition) is 7. The fourth-order valence-electron chi connectivity index (χ4n) is 2.65. The molecule has 25 heavy (non-hydrogen) atoms. The molecule has 8 nitrogen and oxygen atoms in total. The number of carbonyl (C=O) groups is 1. The third kappa shape index (κ3) is 5.07. The van der Waals surface area contributed by atoms with Gasteiger partial charge in [-0.3, -0.25) is 9.21 Å². The summed E-state index contributed by atoms with van der Waals surface area (Å²) in [4.78, 5) is 13.9. The van der Waals surface area contributed by atoms with E-state index >= 15 is 0 Å². The Morgan fingerprint density at radius 3 is 2.52 bits per heavy atom.